The van der Waals surface area contributed by atoms with Crippen molar-refractivity contribution in [2.75, 3.05) is 49.1 Å². The second-order valence-corrected chi connectivity index (χ2v) is 7.42. The van der Waals surface area contributed by atoms with Crippen LogP contribution in [0.1, 0.15) is 36.2 Å². The van der Waals surface area contributed by atoms with Gasteiger partial charge in [0.2, 0.25) is 0 Å². The highest BCUT2D eigenvalue weighted by Crippen LogP contribution is 2.20. The van der Waals surface area contributed by atoms with Gasteiger partial charge in [-0.2, -0.15) is 0 Å². The Morgan fingerprint density at radius 2 is 1.50 bits per heavy atom. The van der Waals surface area contributed by atoms with Gasteiger partial charge in [0.15, 0.2) is 0 Å². The van der Waals surface area contributed by atoms with Crippen LogP contribution in [-0.2, 0) is 0 Å². The Kier molecular flexibility index (Phi) is 5.69. The zero-order chi connectivity index (χ0) is 19.3. The molecule has 0 N–H and O–H groups in total. The first-order chi connectivity index (χ1) is 13.7. The molecule has 6 nitrogen and oxygen atoms in total. The van der Waals surface area contributed by atoms with Crippen LogP contribution >= 0.6 is 0 Å². The minimum Gasteiger partial charge on any atom is -0.368 e. The SMILES string of the molecule is O=C(c1cc(N2CCCCCC2)ncn1)N1CCN(c2ccc(F)cc2)CC1. The molecule has 1 aromatic carbocycles. The summed E-state index contributed by atoms with van der Waals surface area (Å²) in [7, 11) is 0. The van der Waals surface area contributed by atoms with E-state index in [9.17, 15) is 9.18 Å². The van der Waals surface area contributed by atoms with E-state index in [0.29, 0.717) is 18.8 Å². The van der Waals surface area contributed by atoms with Crippen LogP contribution in [0.25, 0.3) is 0 Å². The lowest BCUT2D eigenvalue weighted by Gasteiger charge is -2.36. The first-order valence-electron chi connectivity index (χ1n) is 10.1. The van der Waals surface area contributed by atoms with E-state index in [-0.39, 0.29) is 11.7 Å². The van der Waals surface area contributed by atoms with Crippen molar-refractivity contribution >= 4 is 17.4 Å². The summed E-state index contributed by atoms with van der Waals surface area (Å²) < 4.78 is 13.1. The number of rotatable bonds is 3. The molecule has 0 saturated carbocycles. The molecule has 0 spiro atoms. The Morgan fingerprint density at radius 3 is 2.18 bits per heavy atom. The van der Waals surface area contributed by atoms with Gasteiger partial charge in [-0.3, -0.25) is 4.79 Å². The minimum absolute atomic E-state index is 0.0442. The lowest BCUT2D eigenvalue weighted by Crippen LogP contribution is -2.49. The second kappa shape index (κ2) is 8.54. The number of benzene rings is 1. The Morgan fingerprint density at radius 1 is 0.821 bits per heavy atom. The van der Waals surface area contributed by atoms with Crippen molar-refractivity contribution in [2.45, 2.75) is 25.7 Å². The van der Waals surface area contributed by atoms with E-state index in [0.717, 1.165) is 37.7 Å². The van der Waals surface area contributed by atoms with Gasteiger partial charge < -0.3 is 14.7 Å². The van der Waals surface area contributed by atoms with Gasteiger partial charge in [0, 0.05) is 51.0 Å². The smallest absolute Gasteiger partial charge is 0.272 e. The van der Waals surface area contributed by atoms with E-state index in [1.165, 1.54) is 44.1 Å². The maximum atomic E-state index is 13.1. The lowest BCUT2D eigenvalue weighted by molar-refractivity contribution is 0.0740. The summed E-state index contributed by atoms with van der Waals surface area (Å²) in [6.45, 7) is 4.67. The number of aromatic nitrogens is 2. The molecule has 4 rings (SSSR count). The van der Waals surface area contributed by atoms with Crippen LogP contribution in [0.15, 0.2) is 36.7 Å². The molecule has 0 atom stereocenters. The Labute approximate surface area is 165 Å². The Balaban J connectivity index is 1.39. The van der Waals surface area contributed by atoms with E-state index < -0.39 is 0 Å². The maximum Gasteiger partial charge on any atom is 0.272 e. The number of amides is 1. The monoisotopic (exact) mass is 383 g/mol. The van der Waals surface area contributed by atoms with Gasteiger partial charge in [0.1, 0.15) is 23.7 Å². The fraction of sp³-hybridized carbons (Fsp3) is 0.476. The van der Waals surface area contributed by atoms with Gasteiger partial charge in [-0.05, 0) is 37.1 Å². The molecule has 2 aromatic rings. The molecular weight excluding hydrogens is 357 g/mol. The summed E-state index contributed by atoms with van der Waals surface area (Å²) >= 11 is 0. The number of piperazine rings is 1. The quantitative estimate of drug-likeness (QED) is 0.816. The number of hydrogen-bond donors (Lipinski definition) is 0. The van der Waals surface area contributed by atoms with Crippen molar-refractivity contribution in [3.8, 4) is 0 Å². The molecular formula is C21H26FN5O. The van der Waals surface area contributed by atoms with Crippen molar-refractivity contribution in [1.82, 2.24) is 14.9 Å². The fourth-order valence-electron chi connectivity index (χ4n) is 3.92. The standard InChI is InChI=1S/C21H26FN5O/c22-17-5-7-18(8-6-17)25-11-13-27(14-12-25)21(28)19-15-20(24-16-23-19)26-9-3-1-2-4-10-26/h5-8,15-16H,1-4,9-14H2. The van der Waals surface area contributed by atoms with Gasteiger partial charge in [0.25, 0.3) is 5.91 Å². The largest absolute Gasteiger partial charge is 0.368 e. The third kappa shape index (κ3) is 4.24. The fourth-order valence-corrected chi connectivity index (χ4v) is 3.92. The molecule has 1 aromatic heterocycles. The third-order valence-electron chi connectivity index (χ3n) is 5.56. The molecule has 3 heterocycles. The van der Waals surface area contributed by atoms with E-state index in [2.05, 4.69) is 19.8 Å². The number of anilines is 2. The number of hydrogen-bond acceptors (Lipinski definition) is 5. The van der Waals surface area contributed by atoms with Crippen molar-refractivity contribution in [3.63, 3.8) is 0 Å². The molecule has 2 aliphatic heterocycles. The minimum atomic E-state index is -0.235. The number of carbonyl (C=O) groups is 1. The van der Waals surface area contributed by atoms with E-state index >= 15 is 0 Å². The average Bonchev–Trinajstić information content (AvgIpc) is 3.04. The molecule has 7 heteroatoms. The topological polar surface area (TPSA) is 52.6 Å². The molecule has 28 heavy (non-hydrogen) atoms. The van der Waals surface area contributed by atoms with Crippen LogP contribution in [0.3, 0.4) is 0 Å². The first-order valence-corrected chi connectivity index (χ1v) is 10.1. The number of halogens is 1. The van der Waals surface area contributed by atoms with E-state index in [4.69, 9.17) is 0 Å². The number of nitrogens with zero attached hydrogens (tertiary/aromatic N) is 5. The zero-order valence-corrected chi connectivity index (χ0v) is 16.1. The van der Waals surface area contributed by atoms with Crippen LogP contribution in [0.5, 0.6) is 0 Å². The van der Waals surface area contributed by atoms with Crippen LogP contribution in [0.2, 0.25) is 0 Å². The van der Waals surface area contributed by atoms with Gasteiger partial charge in [-0.15, -0.1) is 0 Å². The average molecular weight is 383 g/mol. The van der Waals surface area contributed by atoms with Gasteiger partial charge >= 0.3 is 0 Å². The normalized spacial score (nSPS) is 18.1. The van der Waals surface area contributed by atoms with Crippen LogP contribution in [-0.4, -0.2) is 60.0 Å². The maximum absolute atomic E-state index is 13.1. The first kappa shape index (κ1) is 18.7. The van der Waals surface area contributed by atoms with E-state index in [1.54, 1.807) is 12.1 Å². The van der Waals surface area contributed by atoms with Crippen LogP contribution in [0.4, 0.5) is 15.9 Å². The summed E-state index contributed by atoms with van der Waals surface area (Å²) in [5.41, 5.74) is 1.45. The predicted octanol–water partition coefficient (Wildman–Crippen LogP) is 2.96. The van der Waals surface area contributed by atoms with Crippen molar-refractivity contribution in [2.24, 2.45) is 0 Å². The van der Waals surface area contributed by atoms with Gasteiger partial charge in [-0.25, -0.2) is 14.4 Å². The summed E-state index contributed by atoms with van der Waals surface area (Å²) in [4.78, 5) is 27.8. The second-order valence-electron chi connectivity index (χ2n) is 7.42. The number of carbonyl (C=O) groups excluding carboxylic acids is 1. The van der Waals surface area contributed by atoms with Crippen LogP contribution < -0.4 is 9.80 Å². The predicted molar refractivity (Wildman–Crippen MR) is 107 cm³/mol. The summed E-state index contributed by atoms with van der Waals surface area (Å²) in [6, 6.07) is 8.34. The van der Waals surface area contributed by atoms with Crippen molar-refractivity contribution in [1.29, 1.82) is 0 Å². The molecule has 2 fully saturated rings. The lowest BCUT2D eigenvalue weighted by atomic mass is 10.2. The molecule has 148 valence electrons. The Bertz CT molecular complexity index is 797. The molecule has 0 bridgehead atoms. The Hall–Kier alpha value is -2.70. The highest BCUT2D eigenvalue weighted by molar-refractivity contribution is 5.93. The molecule has 1 amide bonds. The van der Waals surface area contributed by atoms with Crippen molar-refractivity contribution < 1.29 is 9.18 Å². The summed E-state index contributed by atoms with van der Waals surface area (Å²) in [5, 5.41) is 0. The highest BCUT2D eigenvalue weighted by atomic mass is 19.1. The van der Waals surface area contributed by atoms with Crippen molar-refractivity contribution in [3.05, 3.63) is 48.2 Å². The molecule has 2 saturated heterocycles. The molecule has 0 radical (unpaired) electrons. The van der Waals surface area contributed by atoms with Crippen LogP contribution in [0, 0.1) is 5.82 Å². The molecule has 2 aliphatic rings. The van der Waals surface area contributed by atoms with E-state index in [1.807, 2.05) is 11.0 Å². The highest BCUT2D eigenvalue weighted by Gasteiger charge is 2.24. The zero-order valence-electron chi connectivity index (χ0n) is 16.1. The molecule has 0 aliphatic carbocycles. The summed E-state index contributed by atoms with van der Waals surface area (Å²) in [6.07, 6.45) is 6.34. The molecule has 0 unspecified atom stereocenters. The van der Waals surface area contributed by atoms with Gasteiger partial charge in [-0.1, -0.05) is 12.8 Å². The summed E-state index contributed by atoms with van der Waals surface area (Å²) in [5.74, 6) is 0.573. The van der Waals surface area contributed by atoms with Gasteiger partial charge in [0.05, 0.1) is 0 Å². The third-order valence-corrected chi connectivity index (χ3v) is 5.56.